The molecule has 1 unspecified atom stereocenters. The number of aliphatic hydroxyl groups is 1. The predicted molar refractivity (Wildman–Crippen MR) is 82.7 cm³/mol. The molecule has 2 aliphatic rings. The van der Waals surface area contributed by atoms with Crippen LogP contribution in [0.25, 0.3) is 0 Å². The number of rotatable bonds is 5. The van der Waals surface area contributed by atoms with Crippen molar-refractivity contribution in [2.45, 2.75) is 44.9 Å². The molecule has 3 rings (SSSR count). The van der Waals surface area contributed by atoms with Crippen molar-refractivity contribution in [2.24, 2.45) is 0 Å². The smallest absolute Gasteiger partial charge is 0.272 e. The number of carbonyl (C=O) groups excluding carboxylic acids is 1. The number of fused-ring (bicyclic) bond motifs is 1. The van der Waals surface area contributed by atoms with E-state index in [0.29, 0.717) is 38.5 Å². The summed E-state index contributed by atoms with van der Waals surface area (Å²) in [6, 6.07) is 1.35. The Hall–Kier alpha value is -1.86. The number of unbranched alkanes of at least 4 members (excludes halogenated alkanes) is 1. The van der Waals surface area contributed by atoms with Gasteiger partial charge in [-0.15, -0.1) is 0 Å². The van der Waals surface area contributed by atoms with Gasteiger partial charge in [-0.3, -0.25) is 9.59 Å². The monoisotopic (exact) mass is 322 g/mol. The normalized spacial score (nSPS) is 23.0. The van der Waals surface area contributed by atoms with Crippen LogP contribution in [0.2, 0.25) is 0 Å². The van der Waals surface area contributed by atoms with Crippen LogP contribution in [0.15, 0.2) is 10.9 Å². The predicted octanol–water partition coefficient (Wildman–Crippen LogP) is 0.422. The number of ether oxygens (including phenoxy) is 2. The summed E-state index contributed by atoms with van der Waals surface area (Å²) in [5.41, 5.74) is -0.210. The van der Waals surface area contributed by atoms with E-state index in [1.54, 1.807) is 4.57 Å². The molecule has 1 spiro atoms. The Labute approximate surface area is 134 Å². The molecule has 2 aliphatic heterocycles. The van der Waals surface area contributed by atoms with E-state index in [0.717, 1.165) is 12.8 Å². The lowest BCUT2D eigenvalue weighted by Gasteiger charge is -2.37. The van der Waals surface area contributed by atoms with Gasteiger partial charge in [0, 0.05) is 24.9 Å². The molecule has 7 nitrogen and oxygen atoms in total. The number of hydrogen-bond acceptors (Lipinski definition) is 5. The first-order valence-electron chi connectivity index (χ1n) is 8.01. The molecule has 7 heteroatoms. The third-order valence-electron chi connectivity index (χ3n) is 4.42. The van der Waals surface area contributed by atoms with Gasteiger partial charge in [0.2, 0.25) is 5.43 Å². The van der Waals surface area contributed by atoms with Gasteiger partial charge >= 0.3 is 0 Å². The van der Waals surface area contributed by atoms with E-state index in [-0.39, 0.29) is 29.4 Å². The quantitative estimate of drug-likeness (QED) is 0.767. The molecule has 1 amide bonds. The average Bonchev–Trinajstić information content (AvgIpc) is 2.97. The highest BCUT2D eigenvalue weighted by atomic mass is 16.5. The van der Waals surface area contributed by atoms with Crippen molar-refractivity contribution in [3.8, 4) is 5.75 Å². The SMILES string of the molecule is CCCCOc1c2n(c(CO)cc1=O)CC1(CCOC1)NC2=O. The first-order valence-corrected chi connectivity index (χ1v) is 8.01. The second-order valence-corrected chi connectivity index (χ2v) is 6.16. The minimum absolute atomic E-state index is 0.0712. The lowest BCUT2D eigenvalue weighted by molar-refractivity contribution is 0.0788. The van der Waals surface area contributed by atoms with Crippen molar-refractivity contribution in [3.05, 3.63) is 27.7 Å². The fraction of sp³-hybridized carbons (Fsp3) is 0.625. The van der Waals surface area contributed by atoms with Crippen LogP contribution in [-0.2, 0) is 17.9 Å². The highest BCUT2D eigenvalue weighted by molar-refractivity contribution is 5.96. The van der Waals surface area contributed by atoms with Gasteiger partial charge in [-0.05, 0) is 12.8 Å². The van der Waals surface area contributed by atoms with Crippen molar-refractivity contribution in [2.75, 3.05) is 19.8 Å². The summed E-state index contributed by atoms with van der Waals surface area (Å²) in [4.78, 5) is 24.9. The molecule has 3 heterocycles. The van der Waals surface area contributed by atoms with Crippen LogP contribution in [0.1, 0.15) is 42.4 Å². The topological polar surface area (TPSA) is 89.8 Å². The summed E-state index contributed by atoms with van der Waals surface area (Å²) in [7, 11) is 0. The van der Waals surface area contributed by atoms with Gasteiger partial charge in [-0.1, -0.05) is 13.3 Å². The Kier molecular flexibility index (Phi) is 4.41. The van der Waals surface area contributed by atoms with Gasteiger partial charge < -0.3 is 24.5 Å². The van der Waals surface area contributed by atoms with Gasteiger partial charge in [0.1, 0.15) is 0 Å². The number of carbonyl (C=O) groups is 1. The zero-order valence-electron chi connectivity index (χ0n) is 13.3. The maximum atomic E-state index is 12.6. The molecule has 126 valence electrons. The molecular weight excluding hydrogens is 300 g/mol. The average molecular weight is 322 g/mol. The maximum Gasteiger partial charge on any atom is 0.272 e. The van der Waals surface area contributed by atoms with E-state index in [2.05, 4.69) is 5.32 Å². The highest BCUT2D eigenvalue weighted by Crippen LogP contribution is 2.29. The molecule has 1 atom stereocenters. The maximum absolute atomic E-state index is 12.6. The Balaban J connectivity index is 2.05. The number of aromatic nitrogens is 1. The summed E-state index contributed by atoms with van der Waals surface area (Å²) in [5, 5.41) is 12.5. The second kappa shape index (κ2) is 6.33. The third-order valence-corrected chi connectivity index (χ3v) is 4.42. The minimum Gasteiger partial charge on any atom is -0.487 e. The van der Waals surface area contributed by atoms with Gasteiger partial charge in [-0.25, -0.2) is 0 Å². The number of aliphatic hydroxyl groups excluding tert-OH is 1. The molecule has 2 N–H and O–H groups in total. The molecule has 1 saturated heterocycles. The van der Waals surface area contributed by atoms with E-state index in [1.165, 1.54) is 6.07 Å². The molecule has 0 bridgehead atoms. The van der Waals surface area contributed by atoms with Crippen LogP contribution in [0, 0.1) is 0 Å². The summed E-state index contributed by atoms with van der Waals surface area (Å²) in [5.74, 6) is -0.275. The zero-order valence-corrected chi connectivity index (χ0v) is 13.3. The number of nitrogens with zero attached hydrogens (tertiary/aromatic N) is 1. The van der Waals surface area contributed by atoms with Crippen molar-refractivity contribution < 1.29 is 19.4 Å². The van der Waals surface area contributed by atoms with Crippen LogP contribution in [0.3, 0.4) is 0 Å². The lowest BCUT2D eigenvalue weighted by atomic mass is 9.94. The molecule has 0 aromatic carbocycles. The van der Waals surface area contributed by atoms with E-state index in [9.17, 15) is 14.7 Å². The molecule has 1 fully saturated rings. The van der Waals surface area contributed by atoms with Gasteiger partial charge in [0.05, 0.1) is 25.4 Å². The van der Waals surface area contributed by atoms with Crippen molar-refractivity contribution >= 4 is 5.91 Å². The molecule has 0 radical (unpaired) electrons. The molecule has 23 heavy (non-hydrogen) atoms. The summed E-state index contributed by atoms with van der Waals surface area (Å²) >= 11 is 0. The Morgan fingerprint density at radius 3 is 2.96 bits per heavy atom. The van der Waals surface area contributed by atoms with Crippen LogP contribution < -0.4 is 15.5 Å². The van der Waals surface area contributed by atoms with Crippen LogP contribution >= 0.6 is 0 Å². The zero-order chi connectivity index (χ0) is 16.4. The fourth-order valence-electron chi connectivity index (χ4n) is 3.15. The highest BCUT2D eigenvalue weighted by Gasteiger charge is 2.43. The molecule has 0 saturated carbocycles. The van der Waals surface area contributed by atoms with Gasteiger partial charge in [0.25, 0.3) is 5.91 Å². The van der Waals surface area contributed by atoms with E-state index in [4.69, 9.17) is 9.47 Å². The Bertz CT molecular complexity index is 661. The van der Waals surface area contributed by atoms with E-state index >= 15 is 0 Å². The summed E-state index contributed by atoms with van der Waals surface area (Å²) in [6.07, 6.45) is 2.45. The molecular formula is C16H22N2O5. The molecule has 1 aromatic rings. The Morgan fingerprint density at radius 1 is 1.48 bits per heavy atom. The first-order chi connectivity index (χ1) is 11.1. The number of nitrogens with one attached hydrogen (secondary N) is 1. The van der Waals surface area contributed by atoms with Crippen LogP contribution in [0.5, 0.6) is 5.75 Å². The van der Waals surface area contributed by atoms with Crippen LogP contribution in [0.4, 0.5) is 0 Å². The van der Waals surface area contributed by atoms with E-state index < -0.39 is 5.54 Å². The first kappa shape index (κ1) is 16.0. The van der Waals surface area contributed by atoms with Crippen molar-refractivity contribution in [1.82, 2.24) is 9.88 Å². The van der Waals surface area contributed by atoms with Gasteiger partial charge in [-0.2, -0.15) is 0 Å². The fourth-order valence-corrected chi connectivity index (χ4v) is 3.15. The number of amides is 1. The van der Waals surface area contributed by atoms with E-state index in [1.807, 2.05) is 6.92 Å². The second-order valence-electron chi connectivity index (χ2n) is 6.16. The molecule has 0 aliphatic carbocycles. The third kappa shape index (κ3) is 2.86. The van der Waals surface area contributed by atoms with Crippen LogP contribution in [-0.4, -0.2) is 40.9 Å². The standard InChI is InChI=1S/C16H22N2O5/c1-2-3-5-23-14-12(20)7-11(8-19)18-9-16(4-6-22-10-16)17-15(21)13(14)18/h7,19H,2-6,8-10H2,1H3,(H,17,21). The number of hydrogen-bond donors (Lipinski definition) is 2. The van der Waals surface area contributed by atoms with Crippen molar-refractivity contribution in [1.29, 1.82) is 0 Å². The molecule has 1 aromatic heterocycles. The Morgan fingerprint density at radius 2 is 2.30 bits per heavy atom. The number of pyridine rings is 1. The van der Waals surface area contributed by atoms with Gasteiger partial charge in [0.15, 0.2) is 11.4 Å². The summed E-state index contributed by atoms with van der Waals surface area (Å²) in [6.45, 7) is 3.59. The summed E-state index contributed by atoms with van der Waals surface area (Å²) < 4.78 is 12.7. The lowest BCUT2D eigenvalue weighted by Crippen LogP contribution is -2.57. The largest absolute Gasteiger partial charge is 0.487 e. The van der Waals surface area contributed by atoms with Crippen molar-refractivity contribution in [3.63, 3.8) is 0 Å². The minimum atomic E-state index is -0.468.